The summed E-state index contributed by atoms with van der Waals surface area (Å²) < 4.78 is 9.93. The van der Waals surface area contributed by atoms with Crippen LogP contribution < -0.4 is 0 Å². The number of hydrogen-bond donors (Lipinski definition) is 1. The zero-order chi connectivity index (χ0) is 20.3. The number of esters is 1. The first-order chi connectivity index (χ1) is 13.4. The van der Waals surface area contributed by atoms with Crippen molar-refractivity contribution in [1.29, 1.82) is 0 Å². The molecular formula is C17H14N2O8S. The normalized spacial score (nSPS) is 17.0. The van der Waals surface area contributed by atoms with Crippen molar-refractivity contribution in [1.82, 2.24) is 4.90 Å². The number of carbonyl (C=O) groups excluding carboxylic acids is 3. The summed E-state index contributed by atoms with van der Waals surface area (Å²) in [6.45, 7) is -0.237. The summed E-state index contributed by atoms with van der Waals surface area (Å²) in [5.74, 6) is -1.47. The van der Waals surface area contributed by atoms with Crippen molar-refractivity contribution in [3.05, 3.63) is 64.1 Å². The molecule has 1 amide bonds. The molecule has 3 rings (SSSR count). The van der Waals surface area contributed by atoms with E-state index in [2.05, 4.69) is 0 Å². The Morgan fingerprint density at radius 2 is 2.07 bits per heavy atom. The van der Waals surface area contributed by atoms with Crippen LogP contribution in [-0.2, 0) is 20.9 Å². The summed E-state index contributed by atoms with van der Waals surface area (Å²) in [4.78, 5) is 46.8. The van der Waals surface area contributed by atoms with Crippen LogP contribution in [0.2, 0.25) is 0 Å². The highest BCUT2D eigenvalue weighted by molar-refractivity contribution is 8.14. The fourth-order valence-electron chi connectivity index (χ4n) is 2.43. The van der Waals surface area contributed by atoms with E-state index in [4.69, 9.17) is 9.15 Å². The van der Waals surface area contributed by atoms with Crippen LogP contribution in [-0.4, -0.2) is 43.5 Å². The Labute approximate surface area is 162 Å². The van der Waals surface area contributed by atoms with Crippen molar-refractivity contribution in [3.8, 4) is 0 Å². The van der Waals surface area contributed by atoms with Gasteiger partial charge in [0.15, 0.2) is 5.76 Å². The number of nitro groups is 1. The summed E-state index contributed by atoms with van der Waals surface area (Å²) in [5.41, 5.74) is 0.363. The molecule has 1 aromatic heterocycles. The Hall–Kier alpha value is -3.18. The minimum atomic E-state index is -1.86. The van der Waals surface area contributed by atoms with Crippen LogP contribution >= 0.6 is 11.8 Å². The maximum atomic E-state index is 12.0. The summed E-state index contributed by atoms with van der Waals surface area (Å²) in [7, 11) is 0. The second kappa shape index (κ2) is 8.23. The van der Waals surface area contributed by atoms with Gasteiger partial charge in [-0.05, 0) is 29.8 Å². The number of non-ortho nitro benzene ring substituents is 1. The smallest absolute Gasteiger partial charge is 0.356 e. The van der Waals surface area contributed by atoms with Crippen LogP contribution in [0.25, 0.3) is 0 Å². The Balaban J connectivity index is 1.54. The number of furan rings is 1. The number of aliphatic hydroxyl groups is 1. The van der Waals surface area contributed by atoms with Crippen LogP contribution in [0.5, 0.6) is 0 Å². The third kappa shape index (κ3) is 4.21. The molecule has 1 aliphatic heterocycles. The fourth-order valence-corrected chi connectivity index (χ4v) is 3.48. The van der Waals surface area contributed by atoms with Crippen molar-refractivity contribution in [2.24, 2.45) is 0 Å². The van der Waals surface area contributed by atoms with Gasteiger partial charge in [0.1, 0.15) is 6.61 Å². The number of thioether (sulfide) groups is 1. The lowest BCUT2D eigenvalue weighted by atomic mass is 10.2. The van der Waals surface area contributed by atoms with Crippen LogP contribution in [0.4, 0.5) is 5.69 Å². The lowest BCUT2D eigenvalue weighted by Gasteiger charge is -2.40. The van der Waals surface area contributed by atoms with Gasteiger partial charge in [0.2, 0.25) is 12.1 Å². The van der Waals surface area contributed by atoms with Gasteiger partial charge in [0.25, 0.3) is 10.8 Å². The predicted octanol–water partition coefficient (Wildman–Crippen LogP) is 1.68. The van der Waals surface area contributed by atoms with Gasteiger partial charge in [-0.2, -0.15) is 0 Å². The highest BCUT2D eigenvalue weighted by Crippen LogP contribution is 2.33. The molecular weight excluding hydrogens is 392 g/mol. The van der Waals surface area contributed by atoms with E-state index in [1.807, 2.05) is 0 Å². The molecule has 1 saturated heterocycles. The summed E-state index contributed by atoms with van der Waals surface area (Å²) in [6.07, 6.45) is -0.535. The van der Waals surface area contributed by atoms with Gasteiger partial charge in [-0.15, -0.1) is 0 Å². The quantitative estimate of drug-likeness (QED) is 0.315. The molecule has 0 radical (unpaired) electrons. The molecule has 146 valence electrons. The average Bonchev–Trinajstić information content (AvgIpc) is 3.20. The number of benzene rings is 1. The zero-order valence-electron chi connectivity index (χ0n) is 14.2. The maximum absolute atomic E-state index is 12.0. The molecule has 1 aromatic carbocycles. The van der Waals surface area contributed by atoms with E-state index in [1.165, 1.54) is 36.6 Å². The zero-order valence-corrected chi connectivity index (χ0v) is 15.0. The fraction of sp³-hybridized carbons (Fsp3) is 0.235. The molecule has 0 saturated carbocycles. The van der Waals surface area contributed by atoms with Gasteiger partial charge in [-0.25, -0.2) is 4.79 Å². The molecule has 2 aromatic rings. The molecule has 1 aliphatic rings. The maximum Gasteiger partial charge on any atom is 0.356 e. The van der Waals surface area contributed by atoms with Crippen molar-refractivity contribution in [3.63, 3.8) is 0 Å². The van der Waals surface area contributed by atoms with E-state index in [9.17, 15) is 29.6 Å². The van der Waals surface area contributed by atoms with Gasteiger partial charge in [0, 0.05) is 12.1 Å². The molecule has 1 unspecified atom stereocenters. The molecule has 0 spiro atoms. The van der Waals surface area contributed by atoms with E-state index in [0.717, 1.165) is 16.7 Å². The lowest BCUT2D eigenvalue weighted by Crippen LogP contribution is -2.59. The van der Waals surface area contributed by atoms with Crippen LogP contribution in [0.1, 0.15) is 22.5 Å². The topological polar surface area (TPSA) is 140 Å². The monoisotopic (exact) mass is 406 g/mol. The highest BCUT2D eigenvalue weighted by Gasteiger charge is 2.45. The number of ether oxygens (including phenoxy) is 1. The van der Waals surface area contributed by atoms with E-state index in [0.29, 0.717) is 5.56 Å². The van der Waals surface area contributed by atoms with E-state index in [1.54, 1.807) is 6.07 Å². The van der Waals surface area contributed by atoms with Gasteiger partial charge < -0.3 is 14.3 Å². The second-order valence-electron chi connectivity index (χ2n) is 5.75. The molecule has 2 heterocycles. The lowest BCUT2D eigenvalue weighted by molar-refractivity contribution is -0.384. The number of hydrogen-bond acceptors (Lipinski definition) is 9. The molecule has 1 N–H and O–H groups in total. The second-order valence-corrected chi connectivity index (χ2v) is 6.90. The Bertz CT molecular complexity index is 896. The molecule has 0 bridgehead atoms. The number of nitro benzene ring substituents is 1. The van der Waals surface area contributed by atoms with Crippen LogP contribution in [0, 0.1) is 10.1 Å². The minimum absolute atomic E-state index is 0.0101. The Kier molecular flexibility index (Phi) is 5.76. The number of rotatable bonds is 7. The van der Waals surface area contributed by atoms with Gasteiger partial charge in [-0.3, -0.25) is 24.6 Å². The SMILES string of the molecule is O=C(S[C@H]1CC(=O)N1C(O)C(=O)OCc1ccc([N+](=O)[O-])cc1)c1ccco1. The van der Waals surface area contributed by atoms with Crippen molar-refractivity contribution < 1.29 is 33.6 Å². The number of likely N-dealkylation sites (tertiary alicyclic amines) is 1. The van der Waals surface area contributed by atoms with Gasteiger partial charge >= 0.3 is 5.97 Å². The van der Waals surface area contributed by atoms with Crippen molar-refractivity contribution in [2.45, 2.75) is 24.6 Å². The first-order valence-corrected chi connectivity index (χ1v) is 8.88. The van der Waals surface area contributed by atoms with E-state index < -0.39 is 33.5 Å². The van der Waals surface area contributed by atoms with E-state index >= 15 is 0 Å². The summed E-state index contributed by atoms with van der Waals surface area (Å²) in [6, 6.07) is 8.34. The number of β-lactam (4-membered cyclic amide) rings is 1. The molecule has 11 heteroatoms. The molecule has 1 fully saturated rings. The number of aliphatic hydroxyl groups excluding tert-OH is 1. The number of carbonyl (C=O) groups is 3. The number of amides is 1. The highest BCUT2D eigenvalue weighted by atomic mass is 32.2. The first-order valence-electron chi connectivity index (χ1n) is 8.00. The van der Waals surface area contributed by atoms with Crippen LogP contribution in [0.15, 0.2) is 47.1 Å². The third-order valence-electron chi connectivity index (χ3n) is 3.92. The predicted molar refractivity (Wildman–Crippen MR) is 94.8 cm³/mol. The van der Waals surface area contributed by atoms with Crippen molar-refractivity contribution in [2.75, 3.05) is 0 Å². The van der Waals surface area contributed by atoms with Gasteiger partial charge in [-0.1, -0.05) is 11.8 Å². The third-order valence-corrected chi connectivity index (χ3v) is 5.00. The Morgan fingerprint density at radius 3 is 2.64 bits per heavy atom. The van der Waals surface area contributed by atoms with Crippen LogP contribution in [0.3, 0.4) is 0 Å². The van der Waals surface area contributed by atoms with Gasteiger partial charge in [0.05, 0.1) is 23.0 Å². The molecule has 28 heavy (non-hydrogen) atoms. The number of nitrogens with zero attached hydrogens (tertiary/aromatic N) is 2. The summed E-state index contributed by atoms with van der Waals surface area (Å²) >= 11 is 0.761. The molecule has 10 nitrogen and oxygen atoms in total. The Morgan fingerprint density at radius 1 is 1.36 bits per heavy atom. The molecule has 0 aliphatic carbocycles. The summed E-state index contributed by atoms with van der Waals surface area (Å²) in [5, 5.41) is 19.6. The first kappa shape index (κ1) is 19.6. The average molecular weight is 406 g/mol. The van der Waals surface area contributed by atoms with Crippen molar-refractivity contribution >= 4 is 34.4 Å². The molecule has 2 atom stereocenters. The van der Waals surface area contributed by atoms with E-state index in [-0.39, 0.29) is 24.5 Å². The largest absolute Gasteiger partial charge is 0.460 e. The standard InChI is InChI=1S/C17H14N2O8S/c20-13-8-14(28-17(23)12-2-1-7-26-12)18(13)15(21)16(22)27-9-10-3-5-11(6-4-10)19(24)25/h1-7,14-15,21H,8-9H2/t14-,15?/m0/s1. The minimum Gasteiger partial charge on any atom is -0.460 e.